The number of nitrogens with zero attached hydrogens (tertiary/aromatic N) is 2. The molecule has 0 saturated carbocycles. The number of anilines is 1. The summed E-state index contributed by atoms with van der Waals surface area (Å²) in [5, 5.41) is 13.1. The first-order chi connectivity index (χ1) is 12.2. The molecule has 0 unspecified atom stereocenters. The van der Waals surface area contributed by atoms with E-state index in [2.05, 4.69) is 16.4 Å². The molecule has 0 radical (unpaired) electrons. The fourth-order valence-electron chi connectivity index (χ4n) is 2.20. The van der Waals surface area contributed by atoms with Gasteiger partial charge in [0, 0.05) is 11.9 Å². The Labute approximate surface area is 149 Å². The van der Waals surface area contributed by atoms with E-state index in [1.807, 2.05) is 24.3 Å². The van der Waals surface area contributed by atoms with Crippen LogP contribution in [0.3, 0.4) is 0 Å². The molecule has 1 N–H and O–H groups in total. The van der Waals surface area contributed by atoms with Crippen LogP contribution in [-0.2, 0) is 4.74 Å². The van der Waals surface area contributed by atoms with Gasteiger partial charge in [-0.25, -0.2) is 9.78 Å². The van der Waals surface area contributed by atoms with Crippen LogP contribution in [-0.4, -0.2) is 17.6 Å². The molecule has 3 aromatic rings. The number of nitriles is 1. The second-order valence-corrected chi connectivity index (χ2v) is 6.13. The molecule has 0 aliphatic carbocycles. The van der Waals surface area contributed by atoms with Crippen molar-refractivity contribution in [2.75, 3.05) is 11.9 Å². The summed E-state index contributed by atoms with van der Waals surface area (Å²) in [6, 6.07) is 16.8. The van der Waals surface area contributed by atoms with Crippen molar-refractivity contribution in [3.63, 3.8) is 0 Å². The second-order valence-electron chi connectivity index (χ2n) is 5.10. The van der Waals surface area contributed by atoms with Crippen LogP contribution in [0.5, 0.6) is 0 Å². The Kier molecular flexibility index (Phi) is 5.07. The number of hydrogen-bond donors (Lipinski definition) is 1. The number of fused-ring (bicyclic) bond motifs is 1. The van der Waals surface area contributed by atoms with Crippen molar-refractivity contribution in [3.05, 3.63) is 65.3 Å². The lowest BCUT2D eigenvalue weighted by molar-refractivity contribution is 0.0526. The molecule has 5 nitrogen and oxygen atoms in total. The Bertz CT molecular complexity index is 935. The molecule has 0 saturated heterocycles. The molecule has 0 amide bonds. The van der Waals surface area contributed by atoms with Gasteiger partial charge < -0.3 is 10.1 Å². The molecular formula is C19H15N3O2S. The first-order valence-electron chi connectivity index (χ1n) is 7.71. The molecular weight excluding hydrogens is 334 g/mol. The van der Waals surface area contributed by atoms with Crippen LogP contribution in [0.15, 0.2) is 54.7 Å². The number of rotatable bonds is 5. The number of benzene rings is 2. The van der Waals surface area contributed by atoms with E-state index in [-0.39, 0.29) is 5.97 Å². The third-order valence-electron chi connectivity index (χ3n) is 3.42. The quantitative estimate of drug-likeness (QED) is 0.544. The summed E-state index contributed by atoms with van der Waals surface area (Å²) in [5.74, 6) is -0.350. The summed E-state index contributed by atoms with van der Waals surface area (Å²) in [7, 11) is 0. The second kappa shape index (κ2) is 7.60. The van der Waals surface area contributed by atoms with E-state index in [1.165, 1.54) is 11.3 Å². The molecule has 6 heteroatoms. The van der Waals surface area contributed by atoms with Gasteiger partial charge in [-0.2, -0.15) is 5.26 Å². The minimum absolute atomic E-state index is 0.343. The molecule has 0 atom stereocenters. The number of nitrogens with one attached hydrogen (secondary N) is 1. The summed E-state index contributed by atoms with van der Waals surface area (Å²) in [4.78, 5) is 16.1. The molecule has 0 bridgehead atoms. The lowest BCUT2D eigenvalue weighted by Crippen LogP contribution is -2.04. The highest BCUT2D eigenvalue weighted by atomic mass is 32.1. The zero-order valence-corrected chi connectivity index (χ0v) is 14.3. The molecule has 1 aromatic heterocycles. The average molecular weight is 349 g/mol. The van der Waals surface area contributed by atoms with Crippen LogP contribution >= 0.6 is 11.3 Å². The molecule has 124 valence electrons. The Morgan fingerprint density at radius 1 is 1.28 bits per heavy atom. The van der Waals surface area contributed by atoms with E-state index in [1.54, 1.807) is 37.4 Å². The van der Waals surface area contributed by atoms with Crippen molar-refractivity contribution >= 4 is 38.8 Å². The molecule has 2 aromatic carbocycles. The summed E-state index contributed by atoms with van der Waals surface area (Å²) in [5.41, 5.74) is 2.59. The lowest BCUT2D eigenvalue weighted by Gasteiger charge is -2.04. The van der Waals surface area contributed by atoms with Crippen LogP contribution in [0.2, 0.25) is 0 Å². The van der Waals surface area contributed by atoms with Crippen LogP contribution < -0.4 is 5.32 Å². The smallest absolute Gasteiger partial charge is 0.338 e. The van der Waals surface area contributed by atoms with Gasteiger partial charge in [0.1, 0.15) is 16.6 Å². The Morgan fingerprint density at radius 2 is 2.04 bits per heavy atom. The highest BCUT2D eigenvalue weighted by Gasteiger charge is 2.09. The van der Waals surface area contributed by atoms with Crippen molar-refractivity contribution in [3.8, 4) is 6.07 Å². The minimum atomic E-state index is -0.350. The summed E-state index contributed by atoms with van der Waals surface area (Å²) in [6.45, 7) is 2.11. The number of thiazole rings is 1. The maximum absolute atomic E-state index is 11.6. The average Bonchev–Trinajstić information content (AvgIpc) is 3.07. The Hall–Kier alpha value is -3.17. The van der Waals surface area contributed by atoms with Crippen LogP contribution in [0.1, 0.15) is 22.3 Å². The van der Waals surface area contributed by atoms with E-state index in [9.17, 15) is 10.1 Å². The zero-order chi connectivity index (χ0) is 17.6. The van der Waals surface area contributed by atoms with E-state index < -0.39 is 0 Å². The number of carbonyl (C=O) groups excluding carboxylic acids is 1. The zero-order valence-electron chi connectivity index (χ0n) is 13.5. The normalized spacial score (nSPS) is 11.1. The highest BCUT2D eigenvalue weighted by Crippen LogP contribution is 2.26. The number of carbonyl (C=O) groups is 1. The topological polar surface area (TPSA) is 75.0 Å². The fourth-order valence-corrected chi connectivity index (χ4v) is 3.13. The number of hydrogen-bond acceptors (Lipinski definition) is 6. The van der Waals surface area contributed by atoms with Gasteiger partial charge in [0.2, 0.25) is 0 Å². The predicted molar refractivity (Wildman–Crippen MR) is 99.2 cm³/mol. The van der Waals surface area contributed by atoms with Crippen molar-refractivity contribution in [1.29, 1.82) is 5.26 Å². The minimum Gasteiger partial charge on any atom is -0.462 e. The molecule has 0 spiro atoms. The largest absolute Gasteiger partial charge is 0.462 e. The first kappa shape index (κ1) is 16.7. The fraction of sp³-hybridized carbons (Fsp3) is 0.105. The van der Waals surface area contributed by atoms with Crippen LogP contribution in [0.4, 0.5) is 5.69 Å². The summed E-state index contributed by atoms with van der Waals surface area (Å²) >= 11 is 1.47. The van der Waals surface area contributed by atoms with Gasteiger partial charge >= 0.3 is 5.97 Å². The standard InChI is InChI=1S/C19H15N3O2S/c1-2-24-19(23)13-7-9-15(10-8-13)21-12-14(11-20)18-22-16-5-3-4-6-17(16)25-18/h3-10,12,21H,2H2,1H3/b14-12+. The van der Waals surface area contributed by atoms with Crippen molar-refractivity contribution in [2.24, 2.45) is 0 Å². The summed E-state index contributed by atoms with van der Waals surface area (Å²) < 4.78 is 5.99. The van der Waals surface area contributed by atoms with Gasteiger partial charge in [-0.1, -0.05) is 12.1 Å². The van der Waals surface area contributed by atoms with E-state index in [4.69, 9.17) is 4.74 Å². The maximum atomic E-state index is 11.6. The van der Waals surface area contributed by atoms with Gasteiger partial charge in [-0.3, -0.25) is 0 Å². The van der Waals surface area contributed by atoms with E-state index in [0.29, 0.717) is 22.8 Å². The van der Waals surface area contributed by atoms with Crippen molar-refractivity contribution in [2.45, 2.75) is 6.92 Å². The number of aromatic nitrogens is 1. The van der Waals surface area contributed by atoms with Gasteiger partial charge in [0.15, 0.2) is 0 Å². The van der Waals surface area contributed by atoms with Gasteiger partial charge in [-0.15, -0.1) is 11.3 Å². The Morgan fingerprint density at radius 3 is 2.72 bits per heavy atom. The maximum Gasteiger partial charge on any atom is 0.338 e. The first-order valence-corrected chi connectivity index (χ1v) is 8.53. The molecule has 0 aliphatic heterocycles. The Balaban J connectivity index is 1.77. The van der Waals surface area contributed by atoms with Gasteiger partial charge in [-0.05, 0) is 43.3 Å². The number of ether oxygens (including phenoxy) is 1. The SMILES string of the molecule is CCOC(=O)c1ccc(N/C=C(\C#N)c2nc3ccccc3s2)cc1. The van der Waals surface area contributed by atoms with Gasteiger partial charge in [0.25, 0.3) is 0 Å². The van der Waals surface area contributed by atoms with Gasteiger partial charge in [0.05, 0.1) is 22.4 Å². The van der Waals surface area contributed by atoms with Crippen LogP contribution in [0.25, 0.3) is 15.8 Å². The third kappa shape index (κ3) is 3.84. The van der Waals surface area contributed by atoms with E-state index >= 15 is 0 Å². The molecule has 0 aliphatic rings. The lowest BCUT2D eigenvalue weighted by atomic mass is 10.2. The predicted octanol–water partition coefficient (Wildman–Crippen LogP) is 4.45. The summed E-state index contributed by atoms with van der Waals surface area (Å²) in [6.07, 6.45) is 1.62. The molecule has 0 fully saturated rings. The van der Waals surface area contributed by atoms with Crippen molar-refractivity contribution < 1.29 is 9.53 Å². The molecule has 25 heavy (non-hydrogen) atoms. The number of para-hydroxylation sites is 1. The monoisotopic (exact) mass is 349 g/mol. The van der Waals surface area contributed by atoms with Crippen molar-refractivity contribution in [1.82, 2.24) is 4.98 Å². The number of allylic oxidation sites excluding steroid dienone is 1. The molecule has 3 rings (SSSR count). The molecule has 1 heterocycles. The third-order valence-corrected chi connectivity index (χ3v) is 4.49. The highest BCUT2D eigenvalue weighted by molar-refractivity contribution is 7.19. The number of esters is 1. The van der Waals surface area contributed by atoms with Crippen LogP contribution in [0, 0.1) is 11.3 Å². The van der Waals surface area contributed by atoms with E-state index in [0.717, 1.165) is 15.9 Å².